The molecule has 1 atom stereocenters. The number of piperazine rings is 1. The normalized spacial score (nSPS) is 19.5. The molecule has 1 aliphatic heterocycles. The Kier molecular flexibility index (Phi) is 6.84. The third-order valence-electron chi connectivity index (χ3n) is 6.96. The number of aromatic nitrogens is 1. The number of nitrogens with one attached hydrogen (secondary N) is 1. The van der Waals surface area contributed by atoms with Crippen molar-refractivity contribution in [3.05, 3.63) is 51.0 Å². The SMILES string of the molecule is COc1c2c(cc(F)c1N1CCN(CC(=O)Nc3ncc([N+](=O)[O-])s3)CC1)C(=O)C(C(=O)O)=CC2C1CC1. The highest BCUT2D eigenvalue weighted by Crippen LogP contribution is 2.52. The fraction of sp³-hybridized carbons (Fsp3) is 0.417. The molecule has 1 saturated heterocycles. The van der Waals surface area contributed by atoms with Crippen molar-refractivity contribution >= 4 is 44.8 Å². The number of carbonyl (C=O) groups is 3. The lowest BCUT2D eigenvalue weighted by atomic mass is 9.79. The number of anilines is 2. The monoisotopic (exact) mass is 545 g/mol. The highest BCUT2D eigenvalue weighted by molar-refractivity contribution is 7.18. The number of rotatable bonds is 8. The quantitative estimate of drug-likeness (QED) is 0.287. The summed E-state index contributed by atoms with van der Waals surface area (Å²) in [6.07, 6.45) is 4.32. The number of hydrogen-bond donors (Lipinski definition) is 2. The molecule has 0 bridgehead atoms. The Labute approximate surface area is 219 Å². The van der Waals surface area contributed by atoms with Crippen molar-refractivity contribution in [1.82, 2.24) is 9.88 Å². The van der Waals surface area contributed by atoms with Crippen LogP contribution in [0.1, 0.15) is 34.7 Å². The average Bonchev–Trinajstić information content (AvgIpc) is 3.61. The number of Topliss-reactive ketones (excluding diaryl/α,β-unsaturated/α-hetero) is 1. The minimum absolute atomic E-state index is 0.0256. The molecule has 38 heavy (non-hydrogen) atoms. The average molecular weight is 546 g/mol. The van der Waals surface area contributed by atoms with Gasteiger partial charge in [0.1, 0.15) is 23.2 Å². The van der Waals surface area contributed by atoms with Crippen LogP contribution in [0.3, 0.4) is 0 Å². The van der Waals surface area contributed by atoms with Gasteiger partial charge in [-0.3, -0.25) is 24.6 Å². The van der Waals surface area contributed by atoms with Gasteiger partial charge in [-0.2, -0.15) is 0 Å². The number of aliphatic carboxylic acids is 1. The van der Waals surface area contributed by atoms with Gasteiger partial charge in [-0.15, -0.1) is 0 Å². The summed E-state index contributed by atoms with van der Waals surface area (Å²) in [6.45, 7) is 1.64. The predicted octanol–water partition coefficient (Wildman–Crippen LogP) is 2.66. The molecule has 3 aliphatic rings. The summed E-state index contributed by atoms with van der Waals surface area (Å²) in [7, 11) is 1.41. The number of thiazole rings is 1. The fourth-order valence-corrected chi connectivity index (χ4v) is 5.68. The van der Waals surface area contributed by atoms with E-state index in [2.05, 4.69) is 10.3 Å². The summed E-state index contributed by atoms with van der Waals surface area (Å²) < 4.78 is 21.2. The van der Waals surface area contributed by atoms with Crippen LogP contribution in [0, 0.1) is 21.8 Å². The van der Waals surface area contributed by atoms with E-state index in [0.717, 1.165) is 36.4 Å². The van der Waals surface area contributed by atoms with Gasteiger partial charge in [0.2, 0.25) is 11.7 Å². The number of carboxylic acids is 1. The number of nitrogens with zero attached hydrogens (tertiary/aromatic N) is 4. The minimum atomic E-state index is -1.33. The maximum atomic E-state index is 15.5. The fourth-order valence-electron chi connectivity index (χ4n) is 5.03. The molecule has 1 aromatic heterocycles. The maximum Gasteiger partial charge on any atom is 0.345 e. The van der Waals surface area contributed by atoms with Crippen molar-refractivity contribution in [2.24, 2.45) is 5.92 Å². The predicted molar refractivity (Wildman–Crippen MR) is 135 cm³/mol. The van der Waals surface area contributed by atoms with Crippen LogP contribution in [0.2, 0.25) is 0 Å². The van der Waals surface area contributed by atoms with Gasteiger partial charge in [0.05, 0.1) is 18.6 Å². The van der Waals surface area contributed by atoms with Crippen LogP contribution in [0.5, 0.6) is 5.75 Å². The zero-order valence-electron chi connectivity index (χ0n) is 20.3. The van der Waals surface area contributed by atoms with Gasteiger partial charge in [-0.1, -0.05) is 6.08 Å². The molecule has 5 rings (SSSR count). The van der Waals surface area contributed by atoms with Gasteiger partial charge in [-0.05, 0) is 36.2 Å². The van der Waals surface area contributed by atoms with E-state index < -0.39 is 22.5 Å². The van der Waals surface area contributed by atoms with E-state index in [1.165, 1.54) is 13.2 Å². The Morgan fingerprint density at radius 1 is 1.32 bits per heavy atom. The number of hydrogen-bond acceptors (Lipinski definition) is 10. The number of halogens is 1. The number of carboxylic acid groups (broad SMARTS) is 1. The largest absolute Gasteiger partial charge is 0.494 e. The molecule has 2 heterocycles. The lowest BCUT2D eigenvalue weighted by Gasteiger charge is -2.37. The molecule has 12 nitrogen and oxygen atoms in total. The van der Waals surface area contributed by atoms with Gasteiger partial charge >= 0.3 is 11.0 Å². The first-order chi connectivity index (χ1) is 18.2. The van der Waals surface area contributed by atoms with Crippen LogP contribution in [0.25, 0.3) is 0 Å². The number of fused-ring (bicyclic) bond motifs is 1. The first kappa shape index (κ1) is 25.7. The van der Waals surface area contributed by atoms with Gasteiger partial charge in [0.15, 0.2) is 10.9 Å². The smallest absolute Gasteiger partial charge is 0.345 e. The van der Waals surface area contributed by atoms with Crippen molar-refractivity contribution in [3.8, 4) is 5.75 Å². The second-order valence-electron chi connectivity index (χ2n) is 9.35. The van der Waals surface area contributed by atoms with Crippen molar-refractivity contribution in [2.75, 3.05) is 50.1 Å². The molecule has 0 radical (unpaired) electrons. The maximum absolute atomic E-state index is 15.5. The summed E-state index contributed by atoms with van der Waals surface area (Å²) in [5.41, 5.74) is 0.428. The Hall–Kier alpha value is -3.91. The molecule has 1 saturated carbocycles. The van der Waals surface area contributed by atoms with E-state index in [1.807, 2.05) is 4.90 Å². The molecule has 2 fully saturated rings. The molecular weight excluding hydrogens is 521 g/mol. The number of benzene rings is 1. The third-order valence-corrected chi connectivity index (χ3v) is 7.82. The van der Waals surface area contributed by atoms with E-state index in [0.29, 0.717) is 31.7 Å². The van der Waals surface area contributed by atoms with E-state index in [4.69, 9.17) is 4.74 Å². The molecule has 2 N–H and O–H groups in total. The number of ketones is 1. The molecule has 2 aromatic rings. The molecule has 1 amide bonds. The number of amides is 1. The second kappa shape index (κ2) is 10.1. The van der Waals surface area contributed by atoms with E-state index in [9.17, 15) is 29.6 Å². The Morgan fingerprint density at radius 2 is 2.03 bits per heavy atom. The molecule has 1 aromatic carbocycles. The molecular formula is C24H24FN5O7S. The number of carbonyl (C=O) groups excluding carboxylic acids is 2. The van der Waals surface area contributed by atoms with E-state index >= 15 is 4.39 Å². The molecule has 1 unspecified atom stereocenters. The first-order valence-corrected chi connectivity index (χ1v) is 12.8. The Morgan fingerprint density at radius 3 is 2.61 bits per heavy atom. The lowest BCUT2D eigenvalue weighted by molar-refractivity contribution is -0.380. The highest BCUT2D eigenvalue weighted by atomic mass is 32.1. The van der Waals surface area contributed by atoms with Crippen LogP contribution in [0.4, 0.5) is 20.2 Å². The number of ether oxygens (including phenoxy) is 1. The van der Waals surface area contributed by atoms with Gasteiger partial charge in [0.25, 0.3) is 0 Å². The zero-order chi connectivity index (χ0) is 27.1. The molecule has 14 heteroatoms. The van der Waals surface area contributed by atoms with Gasteiger partial charge < -0.3 is 20.1 Å². The Bertz CT molecular complexity index is 1360. The van der Waals surface area contributed by atoms with E-state index in [-0.39, 0.29) is 57.0 Å². The summed E-state index contributed by atoms with van der Waals surface area (Å²) in [6, 6.07) is 1.12. The van der Waals surface area contributed by atoms with E-state index in [1.54, 1.807) is 4.90 Å². The highest BCUT2D eigenvalue weighted by Gasteiger charge is 2.42. The Balaban J connectivity index is 1.32. The summed E-state index contributed by atoms with van der Waals surface area (Å²) in [5.74, 6) is -3.05. The number of methoxy groups -OCH3 is 1. The second-order valence-corrected chi connectivity index (χ2v) is 10.4. The molecule has 0 spiro atoms. The summed E-state index contributed by atoms with van der Waals surface area (Å²) >= 11 is 0.769. The van der Waals surface area contributed by atoms with Crippen molar-refractivity contribution in [1.29, 1.82) is 0 Å². The topological polar surface area (TPSA) is 155 Å². The number of nitro groups is 1. The molecule has 2 aliphatic carbocycles. The van der Waals surface area contributed by atoms with Crippen molar-refractivity contribution in [2.45, 2.75) is 18.8 Å². The minimum Gasteiger partial charge on any atom is -0.494 e. The van der Waals surface area contributed by atoms with Crippen molar-refractivity contribution < 1.29 is 33.5 Å². The standard InChI is InChI=1S/C24H24FN5O7S/c1-37-22-19-13(12-2-3-12)8-15(23(33)34)21(32)14(19)9-16(25)20(22)29-6-4-28(5-7-29)11-17(31)27-24-26-10-18(38-24)30(35)36/h8-10,12-13H,2-7,11H2,1H3,(H,33,34)(H,26,27,31). The van der Waals surface area contributed by atoms with Crippen LogP contribution >= 0.6 is 11.3 Å². The van der Waals surface area contributed by atoms with Crippen LogP contribution in [-0.4, -0.2) is 77.4 Å². The lowest BCUT2D eigenvalue weighted by Crippen LogP contribution is -2.49. The zero-order valence-corrected chi connectivity index (χ0v) is 21.1. The summed E-state index contributed by atoms with van der Waals surface area (Å²) in [4.78, 5) is 54.7. The number of allylic oxidation sites excluding steroid dienone is 1. The van der Waals surface area contributed by atoms with Crippen LogP contribution in [0.15, 0.2) is 23.9 Å². The van der Waals surface area contributed by atoms with Crippen LogP contribution < -0.4 is 15.0 Å². The third kappa shape index (κ3) is 4.84. The van der Waals surface area contributed by atoms with Gasteiger partial charge in [0, 0.05) is 43.2 Å². The van der Waals surface area contributed by atoms with Gasteiger partial charge in [-0.25, -0.2) is 14.2 Å². The van der Waals surface area contributed by atoms with Crippen LogP contribution in [-0.2, 0) is 9.59 Å². The van der Waals surface area contributed by atoms with Crippen molar-refractivity contribution in [3.63, 3.8) is 0 Å². The summed E-state index contributed by atoms with van der Waals surface area (Å²) in [5, 5.41) is 22.8. The molecule has 200 valence electrons. The first-order valence-electron chi connectivity index (χ1n) is 12.0.